The molecular formula is C8H12O6. The van der Waals surface area contributed by atoms with Crippen molar-refractivity contribution in [3.8, 4) is 0 Å². The molecule has 0 atom stereocenters. The van der Waals surface area contributed by atoms with E-state index in [2.05, 4.69) is 9.47 Å². The summed E-state index contributed by atoms with van der Waals surface area (Å²) >= 11 is 0. The molecule has 0 aliphatic carbocycles. The third-order valence-electron chi connectivity index (χ3n) is 1.42. The molecule has 1 fully saturated rings. The topological polar surface area (TPSA) is 71.1 Å². The molecule has 0 aromatic heterocycles. The van der Waals surface area contributed by atoms with Gasteiger partial charge in [-0.15, -0.1) is 0 Å². The molecule has 6 nitrogen and oxygen atoms in total. The molecule has 0 unspecified atom stereocenters. The molecule has 14 heavy (non-hydrogen) atoms. The molecule has 0 N–H and O–H groups in total. The molecule has 6 heteroatoms. The largest absolute Gasteiger partial charge is 0.460 e. The molecule has 0 radical (unpaired) electrons. The summed E-state index contributed by atoms with van der Waals surface area (Å²) in [5, 5.41) is 0. The van der Waals surface area contributed by atoms with Crippen LogP contribution in [0.4, 0.5) is 0 Å². The van der Waals surface area contributed by atoms with Gasteiger partial charge in [-0.05, 0) is 0 Å². The fourth-order valence-electron chi connectivity index (χ4n) is 0.823. The smallest absolute Gasteiger partial charge is 0.332 e. The number of hydrogen-bond acceptors (Lipinski definition) is 6. The summed E-state index contributed by atoms with van der Waals surface area (Å²) < 4.78 is 19.2. The number of ether oxygens (including phenoxy) is 4. The second kappa shape index (κ2) is 6.33. The van der Waals surface area contributed by atoms with Crippen molar-refractivity contribution in [1.29, 1.82) is 0 Å². The lowest BCUT2D eigenvalue weighted by Crippen LogP contribution is -2.22. The van der Waals surface area contributed by atoms with Gasteiger partial charge in [0.15, 0.2) is 0 Å². The summed E-state index contributed by atoms with van der Waals surface area (Å²) in [6, 6.07) is 0. The van der Waals surface area contributed by atoms with E-state index in [4.69, 9.17) is 9.47 Å². The van der Waals surface area contributed by atoms with Crippen LogP contribution >= 0.6 is 0 Å². The lowest BCUT2D eigenvalue weighted by atomic mass is 10.6. The number of carbonyl (C=O) groups is 2. The van der Waals surface area contributed by atoms with E-state index < -0.39 is 11.9 Å². The maximum absolute atomic E-state index is 10.9. The second-order valence-electron chi connectivity index (χ2n) is 2.55. The Balaban J connectivity index is 2.27. The second-order valence-corrected chi connectivity index (χ2v) is 2.55. The lowest BCUT2D eigenvalue weighted by molar-refractivity contribution is -0.160. The van der Waals surface area contributed by atoms with Crippen LogP contribution in [0, 0.1) is 0 Å². The molecule has 0 saturated carbocycles. The van der Waals surface area contributed by atoms with Gasteiger partial charge in [0.05, 0.1) is 13.2 Å². The Morgan fingerprint density at radius 3 is 1.57 bits per heavy atom. The Hall–Kier alpha value is -1.14. The summed E-state index contributed by atoms with van der Waals surface area (Å²) in [4.78, 5) is 21.7. The fourth-order valence-corrected chi connectivity index (χ4v) is 0.823. The van der Waals surface area contributed by atoms with Gasteiger partial charge in [-0.2, -0.15) is 0 Å². The highest BCUT2D eigenvalue weighted by atomic mass is 16.6. The molecule has 0 amide bonds. The third kappa shape index (κ3) is 4.78. The van der Waals surface area contributed by atoms with Gasteiger partial charge >= 0.3 is 11.9 Å². The highest BCUT2D eigenvalue weighted by molar-refractivity contribution is 5.71. The predicted octanol–water partition coefficient (Wildman–Crippen LogP) is -0.880. The van der Waals surface area contributed by atoms with Crippen LogP contribution in [0.1, 0.15) is 0 Å². The maximum atomic E-state index is 10.9. The van der Waals surface area contributed by atoms with Crippen molar-refractivity contribution in [3.63, 3.8) is 0 Å². The van der Waals surface area contributed by atoms with Gasteiger partial charge in [0.2, 0.25) is 0 Å². The van der Waals surface area contributed by atoms with E-state index in [0.717, 1.165) is 0 Å². The van der Waals surface area contributed by atoms with Crippen LogP contribution in [-0.2, 0) is 28.5 Å². The SMILES string of the molecule is O=C1COCCOCC(=O)OCCO1. The van der Waals surface area contributed by atoms with Crippen LogP contribution in [-0.4, -0.2) is 51.6 Å². The van der Waals surface area contributed by atoms with Gasteiger partial charge in [-0.3, -0.25) is 0 Å². The number of cyclic esters (lactones) is 2. The Morgan fingerprint density at radius 2 is 1.14 bits per heavy atom. The minimum Gasteiger partial charge on any atom is -0.460 e. The minimum atomic E-state index is -0.471. The fraction of sp³-hybridized carbons (Fsp3) is 0.750. The van der Waals surface area contributed by atoms with E-state index >= 15 is 0 Å². The van der Waals surface area contributed by atoms with E-state index in [0.29, 0.717) is 0 Å². The molecule has 1 aliphatic heterocycles. The van der Waals surface area contributed by atoms with Gasteiger partial charge in [0.1, 0.15) is 26.4 Å². The molecule has 0 spiro atoms. The molecule has 0 aromatic carbocycles. The van der Waals surface area contributed by atoms with Crippen LogP contribution in [0.2, 0.25) is 0 Å². The van der Waals surface area contributed by atoms with Crippen LogP contribution in [0.3, 0.4) is 0 Å². The Labute approximate surface area is 81.1 Å². The zero-order valence-corrected chi connectivity index (χ0v) is 7.69. The first-order chi connectivity index (χ1) is 6.79. The Morgan fingerprint density at radius 1 is 0.714 bits per heavy atom. The van der Waals surface area contributed by atoms with Crippen LogP contribution in [0.25, 0.3) is 0 Å². The molecule has 0 aromatic rings. The van der Waals surface area contributed by atoms with Gasteiger partial charge < -0.3 is 18.9 Å². The Kier molecular flexibility index (Phi) is 4.95. The first kappa shape index (κ1) is 10.9. The van der Waals surface area contributed by atoms with Crippen LogP contribution < -0.4 is 0 Å². The molecule has 1 saturated heterocycles. The standard InChI is InChI=1S/C8H12O6/c9-7-5-11-1-2-12-6-8(10)14-4-3-13-7/h1-6H2. The van der Waals surface area contributed by atoms with E-state index in [9.17, 15) is 9.59 Å². The summed E-state index contributed by atoms with van der Waals surface area (Å²) in [6.45, 7) is 0.404. The number of hydrogen-bond donors (Lipinski definition) is 0. The summed E-state index contributed by atoms with van der Waals surface area (Å²) in [7, 11) is 0. The molecule has 1 aliphatic rings. The molecule has 1 rings (SSSR count). The third-order valence-corrected chi connectivity index (χ3v) is 1.42. The first-order valence-corrected chi connectivity index (χ1v) is 4.26. The normalized spacial score (nSPS) is 21.4. The van der Waals surface area contributed by atoms with Crippen molar-refractivity contribution in [3.05, 3.63) is 0 Å². The highest BCUT2D eigenvalue weighted by Crippen LogP contribution is 1.88. The van der Waals surface area contributed by atoms with Gasteiger partial charge in [0.25, 0.3) is 0 Å². The number of esters is 2. The first-order valence-electron chi connectivity index (χ1n) is 4.26. The van der Waals surface area contributed by atoms with Gasteiger partial charge in [-0.1, -0.05) is 0 Å². The van der Waals surface area contributed by atoms with E-state index in [1.54, 1.807) is 0 Å². The van der Waals surface area contributed by atoms with Crippen LogP contribution in [0.15, 0.2) is 0 Å². The minimum absolute atomic E-state index is 0.0495. The maximum Gasteiger partial charge on any atom is 0.332 e. The average Bonchev–Trinajstić information content (AvgIpc) is 2.16. The van der Waals surface area contributed by atoms with Gasteiger partial charge in [-0.25, -0.2) is 9.59 Å². The highest BCUT2D eigenvalue weighted by Gasteiger charge is 2.07. The molecule has 0 bridgehead atoms. The zero-order valence-electron chi connectivity index (χ0n) is 7.69. The van der Waals surface area contributed by atoms with Crippen molar-refractivity contribution in [2.24, 2.45) is 0 Å². The lowest BCUT2D eigenvalue weighted by Gasteiger charge is -2.09. The molecule has 1 heterocycles. The molecule has 80 valence electrons. The van der Waals surface area contributed by atoms with E-state index in [-0.39, 0.29) is 39.6 Å². The van der Waals surface area contributed by atoms with Crippen molar-refractivity contribution in [1.82, 2.24) is 0 Å². The van der Waals surface area contributed by atoms with E-state index in [1.807, 2.05) is 0 Å². The van der Waals surface area contributed by atoms with Gasteiger partial charge in [0, 0.05) is 0 Å². The monoisotopic (exact) mass is 204 g/mol. The number of rotatable bonds is 0. The van der Waals surface area contributed by atoms with Crippen molar-refractivity contribution >= 4 is 11.9 Å². The zero-order chi connectivity index (χ0) is 10.2. The van der Waals surface area contributed by atoms with Crippen LogP contribution in [0.5, 0.6) is 0 Å². The Bertz CT molecular complexity index is 180. The summed E-state index contributed by atoms with van der Waals surface area (Å²) in [5.41, 5.74) is 0. The average molecular weight is 204 g/mol. The predicted molar refractivity (Wildman–Crippen MR) is 43.6 cm³/mol. The quantitative estimate of drug-likeness (QED) is 0.477. The van der Waals surface area contributed by atoms with E-state index in [1.165, 1.54) is 0 Å². The summed E-state index contributed by atoms with van der Waals surface area (Å²) in [5.74, 6) is -0.941. The summed E-state index contributed by atoms with van der Waals surface area (Å²) in [6.07, 6.45) is 0. The number of carbonyl (C=O) groups excluding carboxylic acids is 2. The van der Waals surface area contributed by atoms with Crippen molar-refractivity contribution < 1.29 is 28.5 Å². The van der Waals surface area contributed by atoms with Crippen molar-refractivity contribution in [2.45, 2.75) is 0 Å². The molecular weight excluding hydrogens is 192 g/mol. The van der Waals surface area contributed by atoms with Crippen molar-refractivity contribution in [2.75, 3.05) is 39.6 Å².